The molecule has 0 fully saturated rings. The monoisotopic (exact) mass is 418 g/mol. The minimum atomic E-state index is -3.75. The van der Waals surface area contributed by atoms with Crippen LogP contribution >= 0.6 is 11.3 Å². The molecule has 3 aromatic rings. The molecule has 4 N–H and O–H groups in total. The number of carboxylic acids is 1. The summed E-state index contributed by atoms with van der Waals surface area (Å²) >= 11 is 0.967. The molecule has 0 unspecified atom stereocenters. The number of hydrogen-bond donors (Lipinski definition) is 3. The van der Waals surface area contributed by atoms with Gasteiger partial charge in [0, 0.05) is 11.3 Å². The zero-order valence-corrected chi connectivity index (χ0v) is 16.5. The van der Waals surface area contributed by atoms with Crippen LogP contribution in [0.5, 0.6) is 0 Å². The van der Waals surface area contributed by atoms with Crippen molar-refractivity contribution in [2.24, 2.45) is 0 Å². The Morgan fingerprint density at radius 2 is 1.71 bits per heavy atom. The Hall–Kier alpha value is -3.17. The number of hydrogen-bond acceptors (Lipinski definition) is 6. The Morgan fingerprint density at radius 1 is 1.04 bits per heavy atom. The number of ketones is 1. The second kappa shape index (κ2) is 9.16. The predicted molar refractivity (Wildman–Crippen MR) is 109 cm³/mol. The van der Waals surface area contributed by atoms with E-state index in [-0.39, 0.29) is 21.2 Å². The Labute approximate surface area is 166 Å². The summed E-state index contributed by atoms with van der Waals surface area (Å²) < 4.78 is 26.2. The van der Waals surface area contributed by atoms with Crippen molar-refractivity contribution in [1.82, 2.24) is 0 Å². The number of aromatic carboxylic acids is 1. The summed E-state index contributed by atoms with van der Waals surface area (Å²) in [5, 5.41) is 10.4. The average Bonchev–Trinajstić information content (AvgIpc) is 3.11. The van der Waals surface area contributed by atoms with Gasteiger partial charge in [0.05, 0.1) is 10.6 Å². The van der Waals surface area contributed by atoms with Crippen LogP contribution in [-0.4, -0.2) is 25.3 Å². The van der Waals surface area contributed by atoms with Gasteiger partial charge in [0.25, 0.3) is 10.0 Å². The Balaban J connectivity index is 0.000000237. The van der Waals surface area contributed by atoms with E-state index < -0.39 is 16.0 Å². The number of rotatable bonds is 5. The SMILES string of the molecule is CC(=O)c1cccc(N)c1.O=C(O)c1sccc1NS(=O)(=O)c1ccccc1. The highest BCUT2D eigenvalue weighted by Gasteiger charge is 2.19. The molecule has 9 heteroatoms. The molecule has 0 saturated carbocycles. The quantitative estimate of drug-likeness (QED) is 0.428. The van der Waals surface area contributed by atoms with Crippen molar-refractivity contribution < 1.29 is 23.1 Å². The summed E-state index contributed by atoms with van der Waals surface area (Å²) in [6, 6.07) is 16.1. The predicted octanol–water partition coefficient (Wildman–Crippen LogP) is 3.72. The Kier molecular flexibility index (Phi) is 6.91. The van der Waals surface area contributed by atoms with Crippen LogP contribution in [0.2, 0.25) is 0 Å². The third-order valence-electron chi connectivity index (χ3n) is 3.45. The first-order chi connectivity index (χ1) is 13.2. The van der Waals surface area contributed by atoms with Crippen LogP contribution in [-0.2, 0) is 10.0 Å². The normalized spacial score (nSPS) is 10.5. The van der Waals surface area contributed by atoms with Gasteiger partial charge in [-0.05, 0) is 42.6 Å². The molecule has 0 amide bonds. The number of nitrogens with two attached hydrogens (primary N) is 1. The highest BCUT2D eigenvalue weighted by atomic mass is 32.2. The van der Waals surface area contributed by atoms with Crippen molar-refractivity contribution >= 4 is 44.5 Å². The minimum Gasteiger partial charge on any atom is -0.477 e. The molecule has 28 heavy (non-hydrogen) atoms. The molecule has 0 atom stereocenters. The summed E-state index contributed by atoms with van der Waals surface area (Å²) in [6.07, 6.45) is 0. The zero-order valence-electron chi connectivity index (χ0n) is 14.8. The maximum Gasteiger partial charge on any atom is 0.348 e. The second-order valence-electron chi connectivity index (χ2n) is 5.57. The number of thiophene rings is 1. The molecule has 0 bridgehead atoms. The third kappa shape index (κ3) is 5.66. The largest absolute Gasteiger partial charge is 0.477 e. The maximum atomic E-state index is 12.0. The number of carboxylic acid groups (broad SMARTS) is 1. The van der Waals surface area contributed by atoms with Crippen molar-refractivity contribution in [2.75, 3.05) is 10.5 Å². The van der Waals surface area contributed by atoms with E-state index in [9.17, 15) is 18.0 Å². The smallest absolute Gasteiger partial charge is 0.348 e. The van der Waals surface area contributed by atoms with E-state index in [0.717, 1.165) is 11.3 Å². The van der Waals surface area contributed by atoms with E-state index >= 15 is 0 Å². The number of anilines is 2. The first-order valence-electron chi connectivity index (χ1n) is 7.96. The van der Waals surface area contributed by atoms with Crippen LogP contribution in [0.25, 0.3) is 0 Å². The number of nitrogen functional groups attached to an aromatic ring is 1. The first-order valence-corrected chi connectivity index (χ1v) is 10.3. The lowest BCUT2D eigenvalue weighted by atomic mass is 10.1. The van der Waals surface area contributed by atoms with Gasteiger partial charge in [0.15, 0.2) is 5.78 Å². The van der Waals surface area contributed by atoms with Crippen molar-refractivity contribution in [3.63, 3.8) is 0 Å². The van der Waals surface area contributed by atoms with E-state index in [2.05, 4.69) is 4.72 Å². The van der Waals surface area contributed by atoms with Crippen molar-refractivity contribution in [2.45, 2.75) is 11.8 Å². The molecular formula is C19H18N2O5S2. The molecule has 2 aromatic carbocycles. The molecule has 0 saturated heterocycles. The standard InChI is InChI=1S/C11H9NO4S2.C8H9NO/c13-11(14)10-9(6-7-17-10)12-18(15,16)8-4-2-1-3-5-8;1-6(10)7-3-2-4-8(9)5-7/h1-7,12H,(H,13,14);2-5H,9H2,1H3. The number of benzene rings is 2. The van der Waals surface area contributed by atoms with Crippen molar-refractivity contribution in [1.29, 1.82) is 0 Å². The van der Waals surface area contributed by atoms with Gasteiger partial charge in [-0.2, -0.15) is 0 Å². The molecule has 0 aliphatic heterocycles. The number of sulfonamides is 1. The van der Waals surface area contributed by atoms with Crippen LogP contribution in [0.1, 0.15) is 27.0 Å². The van der Waals surface area contributed by atoms with Gasteiger partial charge in [-0.1, -0.05) is 30.3 Å². The van der Waals surface area contributed by atoms with Gasteiger partial charge < -0.3 is 10.8 Å². The van der Waals surface area contributed by atoms with Crippen LogP contribution in [0.3, 0.4) is 0 Å². The molecule has 0 aliphatic rings. The molecule has 0 radical (unpaired) electrons. The van der Waals surface area contributed by atoms with E-state index in [1.807, 2.05) is 0 Å². The average molecular weight is 418 g/mol. The van der Waals surface area contributed by atoms with E-state index in [1.165, 1.54) is 30.5 Å². The lowest BCUT2D eigenvalue weighted by Crippen LogP contribution is -2.14. The Bertz CT molecular complexity index is 1080. The molecule has 1 aromatic heterocycles. The number of carbonyl (C=O) groups excluding carboxylic acids is 1. The highest BCUT2D eigenvalue weighted by molar-refractivity contribution is 7.92. The summed E-state index contributed by atoms with van der Waals surface area (Å²) in [7, 11) is -3.75. The van der Waals surface area contributed by atoms with Gasteiger partial charge in [-0.3, -0.25) is 9.52 Å². The molecule has 7 nitrogen and oxygen atoms in total. The fraction of sp³-hybridized carbons (Fsp3) is 0.0526. The number of carbonyl (C=O) groups is 2. The van der Waals surface area contributed by atoms with E-state index in [1.54, 1.807) is 42.5 Å². The topological polar surface area (TPSA) is 127 Å². The maximum absolute atomic E-state index is 12.0. The zero-order chi connectivity index (χ0) is 20.7. The summed E-state index contributed by atoms with van der Waals surface area (Å²) in [5.41, 5.74) is 6.82. The fourth-order valence-corrected chi connectivity index (χ4v) is 3.96. The van der Waals surface area contributed by atoms with Gasteiger partial charge >= 0.3 is 5.97 Å². The lowest BCUT2D eigenvalue weighted by molar-refractivity contribution is 0.0703. The van der Waals surface area contributed by atoms with Gasteiger partial charge in [-0.25, -0.2) is 13.2 Å². The molecule has 0 aliphatic carbocycles. The van der Waals surface area contributed by atoms with E-state index in [0.29, 0.717) is 11.3 Å². The van der Waals surface area contributed by atoms with Crippen LogP contribution in [0.4, 0.5) is 11.4 Å². The van der Waals surface area contributed by atoms with Crippen molar-refractivity contribution in [3.8, 4) is 0 Å². The molecule has 0 spiro atoms. The molecule has 1 heterocycles. The van der Waals surface area contributed by atoms with E-state index in [4.69, 9.17) is 10.8 Å². The fourth-order valence-electron chi connectivity index (χ4n) is 2.12. The van der Waals surface area contributed by atoms with Crippen molar-refractivity contribution in [3.05, 3.63) is 76.5 Å². The summed E-state index contributed by atoms with van der Waals surface area (Å²) in [6.45, 7) is 1.52. The van der Waals surface area contributed by atoms with Crippen LogP contribution < -0.4 is 10.5 Å². The van der Waals surface area contributed by atoms with Gasteiger partial charge in [0.1, 0.15) is 4.88 Å². The molecule has 3 rings (SSSR count). The van der Waals surface area contributed by atoms with Crippen LogP contribution in [0, 0.1) is 0 Å². The highest BCUT2D eigenvalue weighted by Crippen LogP contribution is 2.25. The van der Waals surface area contributed by atoms with Gasteiger partial charge in [-0.15, -0.1) is 11.3 Å². The minimum absolute atomic E-state index is 0.0329. The molecule has 146 valence electrons. The second-order valence-corrected chi connectivity index (χ2v) is 8.17. The van der Waals surface area contributed by atoms with Crippen LogP contribution in [0.15, 0.2) is 70.9 Å². The number of nitrogens with one attached hydrogen (secondary N) is 1. The number of Topliss-reactive ketones (excluding diaryl/α,β-unsaturated/α-hetero) is 1. The molecular weight excluding hydrogens is 400 g/mol. The summed E-state index contributed by atoms with van der Waals surface area (Å²) in [4.78, 5) is 21.7. The first kappa shape index (κ1) is 21.1. The Morgan fingerprint density at radius 3 is 2.25 bits per heavy atom. The lowest BCUT2D eigenvalue weighted by Gasteiger charge is -2.07. The summed E-state index contributed by atoms with van der Waals surface area (Å²) in [5.74, 6) is -1.11. The van der Waals surface area contributed by atoms with Gasteiger partial charge in [0.2, 0.25) is 0 Å². The third-order valence-corrected chi connectivity index (χ3v) is 5.73.